The normalized spacial score (nSPS) is 17.3. The Morgan fingerprint density at radius 1 is 1.32 bits per heavy atom. The van der Waals surface area contributed by atoms with Gasteiger partial charge in [-0.05, 0) is 25.8 Å². The standard InChI is InChI=1S/C18H22F2N4O/c1-12-5-13(2)7-15(6-12)14-3-4-23(9-14)18(25)22-16-8-21-24(10-16)11-17(19)20/h5-8,10,14,17H,3-4,9,11H2,1-2H3,(H,22,25). The lowest BCUT2D eigenvalue weighted by Gasteiger charge is -2.17. The lowest BCUT2D eigenvalue weighted by atomic mass is 9.95. The van der Waals surface area contributed by atoms with E-state index in [2.05, 4.69) is 42.5 Å². The van der Waals surface area contributed by atoms with Crippen molar-refractivity contribution in [3.8, 4) is 0 Å². The predicted octanol–water partition coefficient (Wildman–Crippen LogP) is 3.79. The number of urea groups is 1. The summed E-state index contributed by atoms with van der Waals surface area (Å²) in [7, 11) is 0. The molecule has 1 aromatic carbocycles. The predicted molar refractivity (Wildman–Crippen MR) is 92.1 cm³/mol. The van der Waals surface area contributed by atoms with Crippen LogP contribution in [0, 0.1) is 13.8 Å². The quantitative estimate of drug-likeness (QED) is 0.914. The van der Waals surface area contributed by atoms with Crippen molar-refractivity contribution in [3.05, 3.63) is 47.3 Å². The molecule has 2 heterocycles. The Labute approximate surface area is 145 Å². The summed E-state index contributed by atoms with van der Waals surface area (Å²) in [4.78, 5) is 14.1. The summed E-state index contributed by atoms with van der Waals surface area (Å²) in [5.74, 6) is 0.325. The zero-order chi connectivity index (χ0) is 18.0. The first-order chi connectivity index (χ1) is 11.9. The lowest BCUT2D eigenvalue weighted by molar-refractivity contribution is 0.122. The van der Waals surface area contributed by atoms with Gasteiger partial charge in [0, 0.05) is 25.2 Å². The molecule has 1 atom stereocenters. The van der Waals surface area contributed by atoms with Gasteiger partial charge in [0.2, 0.25) is 0 Å². The van der Waals surface area contributed by atoms with E-state index in [1.807, 2.05) is 0 Å². The van der Waals surface area contributed by atoms with E-state index in [4.69, 9.17) is 0 Å². The molecule has 0 saturated carbocycles. The fourth-order valence-electron chi connectivity index (χ4n) is 3.33. The lowest BCUT2D eigenvalue weighted by Crippen LogP contribution is -2.32. The first-order valence-corrected chi connectivity index (χ1v) is 8.35. The van der Waals surface area contributed by atoms with Crippen LogP contribution in [0.15, 0.2) is 30.6 Å². The topological polar surface area (TPSA) is 50.2 Å². The number of carbonyl (C=O) groups is 1. The number of amides is 2. The Morgan fingerprint density at radius 3 is 2.72 bits per heavy atom. The summed E-state index contributed by atoms with van der Waals surface area (Å²) < 4.78 is 25.8. The zero-order valence-corrected chi connectivity index (χ0v) is 14.4. The molecule has 1 fully saturated rings. The molecule has 5 nitrogen and oxygen atoms in total. The van der Waals surface area contributed by atoms with Gasteiger partial charge in [0.25, 0.3) is 6.43 Å². The molecule has 1 aromatic heterocycles. The zero-order valence-electron chi connectivity index (χ0n) is 14.4. The Bertz CT molecular complexity index is 739. The van der Waals surface area contributed by atoms with Crippen LogP contribution in [0.5, 0.6) is 0 Å². The minimum Gasteiger partial charge on any atom is -0.324 e. The fourth-order valence-corrected chi connectivity index (χ4v) is 3.33. The van der Waals surface area contributed by atoms with Gasteiger partial charge >= 0.3 is 6.03 Å². The van der Waals surface area contributed by atoms with Crippen LogP contribution in [0.1, 0.15) is 29.0 Å². The van der Waals surface area contributed by atoms with Gasteiger partial charge in [-0.25, -0.2) is 13.6 Å². The van der Waals surface area contributed by atoms with E-state index in [-0.39, 0.29) is 6.03 Å². The van der Waals surface area contributed by atoms with Crippen molar-refractivity contribution < 1.29 is 13.6 Å². The second-order valence-electron chi connectivity index (χ2n) is 6.62. The number of rotatable bonds is 4. The highest BCUT2D eigenvalue weighted by Crippen LogP contribution is 2.29. The fraction of sp³-hybridized carbons (Fsp3) is 0.444. The molecule has 1 unspecified atom stereocenters. The Balaban J connectivity index is 1.59. The van der Waals surface area contributed by atoms with Crippen molar-refractivity contribution >= 4 is 11.7 Å². The molecule has 0 spiro atoms. The molecular weight excluding hydrogens is 326 g/mol. The van der Waals surface area contributed by atoms with E-state index in [0.29, 0.717) is 24.7 Å². The van der Waals surface area contributed by atoms with Crippen LogP contribution in [-0.4, -0.2) is 40.2 Å². The third kappa shape index (κ3) is 4.35. The van der Waals surface area contributed by atoms with E-state index in [1.54, 1.807) is 4.90 Å². The number of halogens is 2. The Hall–Kier alpha value is -2.44. The van der Waals surface area contributed by atoms with Crippen LogP contribution in [0.3, 0.4) is 0 Å². The Kier molecular flexibility index (Phi) is 5.01. The van der Waals surface area contributed by atoms with Crippen molar-refractivity contribution in [2.75, 3.05) is 18.4 Å². The molecule has 2 aromatic rings. The molecule has 0 aliphatic carbocycles. The average molecular weight is 348 g/mol. The minimum absolute atomic E-state index is 0.219. The third-order valence-corrected chi connectivity index (χ3v) is 4.40. The van der Waals surface area contributed by atoms with Crippen LogP contribution in [-0.2, 0) is 6.54 Å². The van der Waals surface area contributed by atoms with Gasteiger partial charge in [-0.15, -0.1) is 0 Å². The van der Waals surface area contributed by atoms with Crippen molar-refractivity contribution in [2.45, 2.75) is 39.2 Å². The molecular formula is C18H22F2N4O. The number of hydrogen-bond acceptors (Lipinski definition) is 2. The van der Waals surface area contributed by atoms with Crippen LogP contribution in [0.4, 0.5) is 19.3 Å². The molecule has 3 rings (SSSR count). The van der Waals surface area contributed by atoms with Crippen molar-refractivity contribution in [3.63, 3.8) is 0 Å². The number of alkyl halides is 2. The average Bonchev–Trinajstić information content (AvgIpc) is 3.15. The Morgan fingerprint density at radius 2 is 2.04 bits per heavy atom. The van der Waals surface area contributed by atoms with Crippen LogP contribution < -0.4 is 5.32 Å². The number of likely N-dealkylation sites (tertiary alicyclic amines) is 1. The number of benzene rings is 1. The number of aromatic nitrogens is 2. The highest BCUT2D eigenvalue weighted by Gasteiger charge is 2.27. The monoisotopic (exact) mass is 348 g/mol. The number of nitrogens with zero attached hydrogens (tertiary/aromatic N) is 3. The number of anilines is 1. The summed E-state index contributed by atoms with van der Waals surface area (Å²) in [6.07, 6.45) is 1.25. The minimum atomic E-state index is -2.47. The number of nitrogens with one attached hydrogen (secondary N) is 1. The van der Waals surface area contributed by atoms with Crippen molar-refractivity contribution in [2.24, 2.45) is 0 Å². The summed E-state index contributed by atoms with van der Waals surface area (Å²) in [5, 5.41) is 6.55. The van der Waals surface area contributed by atoms with Gasteiger partial charge in [-0.3, -0.25) is 4.68 Å². The molecule has 0 radical (unpaired) electrons. The summed E-state index contributed by atoms with van der Waals surface area (Å²) in [6.45, 7) is 5.00. The first kappa shape index (κ1) is 17.4. The maximum atomic E-state index is 12.4. The highest BCUT2D eigenvalue weighted by molar-refractivity contribution is 5.89. The number of aryl methyl sites for hydroxylation is 2. The molecule has 1 saturated heterocycles. The third-order valence-electron chi connectivity index (χ3n) is 4.40. The highest BCUT2D eigenvalue weighted by atomic mass is 19.3. The van der Waals surface area contributed by atoms with Crippen molar-refractivity contribution in [1.82, 2.24) is 14.7 Å². The van der Waals surface area contributed by atoms with E-state index < -0.39 is 13.0 Å². The van der Waals surface area contributed by atoms with Gasteiger partial charge in [-0.2, -0.15) is 5.10 Å². The molecule has 25 heavy (non-hydrogen) atoms. The molecule has 1 N–H and O–H groups in total. The van der Waals surface area contributed by atoms with Crippen LogP contribution >= 0.6 is 0 Å². The first-order valence-electron chi connectivity index (χ1n) is 8.35. The largest absolute Gasteiger partial charge is 0.324 e. The molecule has 134 valence electrons. The maximum absolute atomic E-state index is 12.4. The van der Waals surface area contributed by atoms with Gasteiger partial charge in [0.1, 0.15) is 6.54 Å². The second-order valence-corrected chi connectivity index (χ2v) is 6.62. The second kappa shape index (κ2) is 7.21. The molecule has 0 bridgehead atoms. The maximum Gasteiger partial charge on any atom is 0.321 e. The summed E-state index contributed by atoms with van der Waals surface area (Å²) in [6, 6.07) is 6.27. The number of carbonyl (C=O) groups excluding carboxylic acids is 1. The SMILES string of the molecule is Cc1cc(C)cc(C2CCN(C(=O)Nc3cnn(CC(F)F)c3)C2)c1. The smallest absolute Gasteiger partial charge is 0.321 e. The molecule has 7 heteroatoms. The number of hydrogen-bond donors (Lipinski definition) is 1. The van der Waals surface area contributed by atoms with Crippen LogP contribution in [0.25, 0.3) is 0 Å². The van der Waals surface area contributed by atoms with E-state index in [0.717, 1.165) is 11.1 Å². The van der Waals surface area contributed by atoms with E-state index in [1.165, 1.54) is 29.1 Å². The molecule has 1 aliphatic rings. The van der Waals surface area contributed by atoms with Gasteiger partial charge in [0.05, 0.1) is 11.9 Å². The van der Waals surface area contributed by atoms with E-state index in [9.17, 15) is 13.6 Å². The van der Waals surface area contributed by atoms with Crippen LogP contribution in [0.2, 0.25) is 0 Å². The summed E-state index contributed by atoms with van der Waals surface area (Å²) in [5.41, 5.74) is 4.15. The van der Waals surface area contributed by atoms with Gasteiger partial charge in [0.15, 0.2) is 0 Å². The van der Waals surface area contributed by atoms with E-state index >= 15 is 0 Å². The summed E-state index contributed by atoms with van der Waals surface area (Å²) >= 11 is 0. The molecule has 2 amide bonds. The molecule has 1 aliphatic heterocycles. The van der Waals surface area contributed by atoms with Crippen molar-refractivity contribution in [1.29, 1.82) is 0 Å². The van der Waals surface area contributed by atoms with Gasteiger partial charge in [-0.1, -0.05) is 29.3 Å². The van der Waals surface area contributed by atoms with Gasteiger partial charge < -0.3 is 10.2 Å².